The number of para-hydroxylation sites is 4. The van der Waals surface area contributed by atoms with Crippen molar-refractivity contribution in [3.8, 4) is 0 Å². The summed E-state index contributed by atoms with van der Waals surface area (Å²) in [5, 5.41) is 3.17. The van der Waals surface area contributed by atoms with Crippen molar-refractivity contribution in [1.29, 1.82) is 0 Å². The lowest BCUT2D eigenvalue weighted by atomic mass is 9.97. The standard InChI is InChI=1S/C23H27N5O/c29-23(26-20-11-3-4-12-21(20)27-13-5-6-14-27)28-15-7-8-17(16-28)22-24-18-9-1-2-10-19(18)25-22/h1-4,9-12,17H,5-8,13-16H2,(H,24,25)(H,26,29). The molecule has 0 saturated carbocycles. The Morgan fingerprint density at radius 2 is 1.79 bits per heavy atom. The summed E-state index contributed by atoms with van der Waals surface area (Å²) in [6, 6.07) is 16.2. The van der Waals surface area contributed by atoms with Crippen molar-refractivity contribution < 1.29 is 4.79 Å². The van der Waals surface area contributed by atoms with E-state index in [0.717, 1.165) is 60.7 Å². The van der Waals surface area contributed by atoms with Crippen LogP contribution in [-0.4, -0.2) is 47.1 Å². The molecule has 6 heteroatoms. The minimum absolute atomic E-state index is 0.0162. The van der Waals surface area contributed by atoms with Gasteiger partial charge in [-0.15, -0.1) is 0 Å². The Bertz CT molecular complexity index is 974. The number of hydrogen-bond acceptors (Lipinski definition) is 3. The molecule has 5 rings (SSSR count). The van der Waals surface area contributed by atoms with Crippen LogP contribution >= 0.6 is 0 Å². The highest BCUT2D eigenvalue weighted by Gasteiger charge is 2.27. The van der Waals surface area contributed by atoms with Gasteiger partial charge in [-0.1, -0.05) is 24.3 Å². The van der Waals surface area contributed by atoms with E-state index < -0.39 is 0 Å². The number of carbonyl (C=O) groups excluding carboxylic acids is 1. The Morgan fingerprint density at radius 1 is 1.00 bits per heavy atom. The van der Waals surface area contributed by atoms with Crippen LogP contribution in [-0.2, 0) is 0 Å². The van der Waals surface area contributed by atoms with Crippen molar-refractivity contribution in [2.24, 2.45) is 0 Å². The molecule has 2 aromatic carbocycles. The van der Waals surface area contributed by atoms with Gasteiger partial charge in [-0.3, -0.25) is 0 Å². The van der Waals surface area contributed by atoms with E-state index in [9.17, 15) is 4.79 Å². The van der Waals surface area contributed by atoms with Gasteiger partial charge in [0.15, 0.2) is 0 Å². The maximum Gasteiger partial charge on any atom is 0.321 e. The molecule has 2 saturated heterocycles. The number of anilines is 2. The number of aromatic amines is 1. The molecule has 2 N–H and O–H groups in total. The first-order valence-corrected chi connectivity index (χ1v) is 10.6. The van der Waals surface area contributed by atoms with Crippen LogP contribution in [0.4, 0.5) is 16.2 Å². The molecule has 3 aromatic rings. The van der Waals surface area contributed by atoms with E-state index in [1.54, 1.807) is 0 Å². The van der Waals surface area contributed by atoms with Crippen LogP contribution in [0.15, 0.2) is 48.5 Å². The summed E-state index contributed by atoms with van der Waals surface area (Å²) in [6.45, 7) is 3.60. The number of rotatable bonds is 3. The Hall–Kier alpha value is -3.02. The van der Waals surface area contributed by atoms with Crippen LogP contribution in [0.3, 0.4) is 0 Å². The molecule has 3 heterocycles. The smallest absolute Gasteiger partial charge is 0.321 e. The molecule has 2 amide bonds. The molecule has 150 valence electrons. The predicted octanol–water partition coefficient (Wildman–Crippen LogP) is 4.57. The molecule has 6 nitrogen and oxygen atoms in total. The molecule has 2 aliphatic heterocycles. The van der Waals surface area contributed by atoms with E-state index in [-0.39, 0.29) is 11.9 Å². The number of carbonyl (C=O) groups is 1. The van der Waals surface area contributed by atoms with Gasteiger partial charge in [0.25, 0.3) is 0 Å². The van der Waals surface area contributed by atoms with E-state index >= 15 is 0 Å². The summed E-state index contributed by atoms with van der Waals surface area (Å²) < 4.78 is 0. The number of fused-ring (bicyclic) bond motifs is 1. The maximum atomic E-state index is 13.0. The number of urea groups is 1. The minimum atomic E-state index is -0.0162. The second-order valence-electron chi connectivity index (χ2n) is 8.07. The lowest BCUT2D eigenvalue weighted by Crippen LogP contribution is -2.42. The monoisotopic (exact) mass is 389 g/mol. The number of amides is 2. The van der Waals surface area contributed by atoms with E-state index in [2.05, 4.69) is 27.3 Å². The quantitative estimate of drug-likeness (QED) is 0.689. The van der Waals surface area contributed by atoms with Gasteiger partial charge in [0, 0.05) is 32.1 Å². The third-order valence-corrected chi connectivity index (χ3v) is 6.10. The molecule has 1 aromatic heterocycles. The van der Waals surface area contributed by atoms with Crippen LogP contribution in [0.25, 0.3) is 11.0 Å². The van der Waals surface area contributed by atoms with Crippen LogP contribution in [0.1, 0.15) is 37.4 Å². The highest BCUT2D eigenvalue weighted by molar-refractivity contribution is 5.93. The van der Waals surface area contributed by atoms with Crippen molar-refractivity contribution in [2.75, 3.05) is 36.4 Å². The van der Waals surface area contributed by atoms with Crippen LogP contribution in [0.5, 0.6) is 0 Å². The molecule has 2 fully saturated rings. The number of likely N-dealkylation sites (tertiary alicyclic amines) is 1. The number of imidazole rings is 1. The van der Waals surface area contributed by atoms with Gasteiger partial charge in [-0.2, -0.15) is 0 Å². The molecule has 0 spiro atoms. The fraction of sp³-hybridized carbons (Fsp3) is 0.391. The number of nitrogens with one attached hydrogen (secondary N) is 2. The highest BCUT2D eigenvalue weighted by Crippen LogP contribution is 2.30. The van der Waals surface area contributed by atoms with E-state index in [1.807, 2.05) is 41.3 Å². The molecule has 1 atom stereocenters. The summed E-state index contributed by atoms with van der Waals surface area (Å²) in [5.41, 5.74) is 4.08. The molecule has 29 heavy (non-hydrogen) atoms. The number of piperidine rings is 1. The van der Waals surface area contributed by atoms with Crippen molar-refractivity contribution in [3.63, 3.8) is 0 Å². The fourth-order valence-corrected chi connectivity index (χ4v) is 4.56. The van der Waals surface area contributed by atoms with Crippen LogP contribution in [0.2, 0.25) is 0 Å². The largest absolute Gasteiger partial charge is 0.370 e. The maximum absolute atomic E-state index is 13.0. The number of hydrogen-bond donors (Lipinski definition) is 2. The number of benzene rings is 2. The van der Waals surface area contributed by atoms with Gasteiger partial charge >= 0.3 is 6.03 Å². The van der Waals surface area contributed by atoms with E-state index in [4.69, 9.17) is 4.98 Å². The first-order valence-electron chi connectivity index (χ1n) is 10.6. The van der Waals surface area contributed by atoms with Crippen molar-refractivity contribution in [1.82, 2.24) is 14.9 Å². The van der Waals surface area contributed by atoms with Crippen molar-refractivity contribution in [3.05, 3.63) is 54.4 Å². The molecule has 2 aliphatic rings. The Balaban J connectivity index is 1.30. The Labute approximate surface area is 170 Å². The molecule has 0 aliphatic carbocycles. The zero-order valence-electron chi connectivity index (χ0n) is 16.6. The first kappa shape index (κ1) is 18.0. The minimum Gasteiger partial charge on any atom is -0.370 e. The second-order valence-corrected chi connectivity index (χ2v) is 8.07. The lowest BCUT2D eigenvalue weighted by Gasteiger charge is -2.32. The summed E-state index contributed by atoms with van der Waals surface area (Å²) >= 11 is 0. The van der Waals surface area contributed by atoms with Gasteiger partial charge in [0.1, 0.15) is 5.82 Å². The molecule has 0 bridgehead atoms. The van der Waals surface area contributed by atoms with Gasteiger partial charge < -0.3 is 20.1 Å². The number of nitrogens with zero attached hydrogens (tertiary/aromatic N) is 3. The zero-order chi connectivity index (χ0) is 19.6. The molecular weight excluding hydrogens is 362 g/mol. The third-order valence-electron chi connectivity index (χ3n) is 6.10. The van der Waals surface area contributed by atoms with Gasteiger partial charge in [-0.25, -0.2) is 9.78 Å². The van der Waals surface area contributed by atoms with Gasteiger partial charge in [0.05, 0.1) is 22.4 Å². The molecule has 1 unspecified atom stereocenters. The van der Waals surface area contributed by atoms with E-state index in [1.165, 1.54) is 12.8 Å². The highest BCUT2D eigenvalue weighted by atomic mass is 16.2. The van der Waals surface area contributed by atoms with Gasteiger partial charge in [0.2, 0.25) is 0 Å². The van der Waals surface area contributed by atoms with Crippen molar-refractivity contribution in [2.45, 2.75) is 31.6 Å². The molecular formula is C23H27N5O. The fourth-order valence-electron chi connectivity index (χ4n) is 4.56. The van der Waals surface area contributed by atoms with Crippen LogP contribution in [0, 0.1) is 0 Å². The predicted molar refractivity (Wildman–Crippen MR) is 117 cm³/mol. The lowest BCUT2D eigenvalue weighted by molar-refractivity contribution is 0.191. The topological polar surface area (TPSA) is 64.3 Å². The van der Waals surface area contributed by atoms with Crippen molar-refractivity contribution >= 4 is 28.4 Å². The second kappa shape index (κ2) is 7.78. The summed E-state index contributed by atoms with van der Waals surface area (Å²) in [5.74, 6) is 1.23. The van der Waals surface area contributed by atoms with Crippen LogP contribution < -0.4 is 10.2 Å². The third kappa shape index (κ3) is 3.67. The Kier molecular flexibility index (Phi) is 4.84. The van der Waals surface area contributed by atoms with E-state index in [0.29, 0.717) is 6.54 Å². The summed E-state index contributed by atoms with van der Waals surface area (Å²) in [7, 11) is 0. The summed E-state index contributed by atoms with van der Waals surface area (Å²) in [6.07, 6.45) is 4.47. The first-order chi connectivity index (χ1) is 14.3. The molecule has 0 radical (unpaired) electrons. The number of aromatic nitrogens is 2. The van der Waals surface area contributed by atoms with Gasteiger partial charge in [-0.05, 0) is 49.9 Å². The average Bonchev–Trinajstić information content (AvgIpc) is 3.44. The normalized spacial score (nSPS) is 19.7. The summed E-state index contributed by atoms with van der Waals surface area (Å²) in [4.78, 5) is 25.6. The number of H-pyrrole nitrogens is 1. The zero-order valence-corrected chi connectivity index (χ0v) is 16.6. The Morgan fingerprint density at radius 3 is 2.66 bits per heavy atom. The SMILES string of the molecule is O=C(Nc1ccccc1N1CCCC1)N1CCCC(c2nc3ccccc3[nH]2)C1. The average molecular weight is 390 g/mol.